The third-order valence-electron chi connectivity index (χ3n) is 6.79. The topological polar surface area (TPSA) is 27.3 Å². The number of alkyl halides is 1. The number of benzene rings is 2. The standard InChI is InChI=1S/C29H33F2N3/c1-20-15-17-32-33-27-11-7-8-18-34(27)22(3)28(25(20)14-16-30)29(23-9-5-4-6-10-23)24-13-12-21(2)26(31)19-24/h4-6,9-10,12-13,15,17,19,27,29,32-33H,1,3,7-8,11,14,16,18H2,2H3/b17-15-,28-25-. The van der Waals surface area contributed by atoms with Gasteiger partial charge in [0.15, 0.2) is 0 Å². The van der Waals surface area contributed by atoms with E-state index in [9.17, 15) is 8.78 Å². The van der Waals surface area contributed by atoms with Gasteiger partial charge in [0.25, 0.3) is 0 Å². The quantitative estimate of drug-likeness (QED) is 0.538. The summed E-state index contributed by atoms with van der Waals surface area (Å²) in [5.74, 6) is -0.567. The number of aryl methyl sites for hydroxylation is 1. The van der Waals surface area contributed by atoms with Gasteiger partial charge in [-0.1, -0.05) is 55.6 Å². The Morgan fingerprint density at radius 3 is 2.62 bits per heavy atom. The van der Waals surface area contributed by atoms with E-state index in [2.05, 4.69) is 28.9 Å². The second-order valence-electron chi connectivity index (χ2n) is 8.98. The van der Waals surface area contributed by atoms with Crippen molar-refractivity contribution in [2.45, 2.75) is 44.7 Å². The van der Waals surface area contributed by atoms with Crippen LogP contribution in [0.1, 0.15) is 48.3 Å². The van der Waals surface area contributed by atoms with Gasteiger partial charge in [-0.15, -0.1) is 0 Å². The molecule has 2 N–H and O–H groups in total. The minimum Gasteiger partial charge on any atom is -0.355 e. The molecule has 0 radical (unpaired) electrons. The van der Waals surface area contributed by atoms with Crippen LogP contribution in [0.2, 0.25) is 0 Å². The molecule has 4 rings (SSSR count). The molecular formula is C29H33F2N3. The van der Waals surface area contributed by atoms with Crippen LogP contribution in [-0.4, -0.2) is 24.3 Å². The number of hydrazine groups is 1. The van der Waals surface area contributed by atoms with E-state index in [1.165, 1.54) is 0 Å². The molecule has 3 nitrogen and oxygen atoms in total. The van der Waals surface area contributed by atoms with Gasteiger partial charge in [-0.25, -0.2) is 9.82 Å². The molecule has 1 fully saturated rings. The van der Waals surface area contributed by atoms with E-state index in [0.29, 0.717) is 11.1 Å². The van der Waals surface area contributed by atoms with Crippen molar-refractivity contribution in [1.29, 1.82) is 0 Å². The Morgan fingerprint density at radius 2 is 1.88 bits per heavy atom. The van der Waals surface area contributed by atoms with Gasteiger partial charge < -0.3 is 10.3 Å². The minimum atomic E-state index is -0.516. The number of hydrogen-bond acceptors (Lipinski definition) is 3. The number of nitrogens with one attached hydrogen (secondary N) is 2. The van der Waals surface area contributed by atoms with E-state index in [1.807, 2.05) is 54.7 Å². The highest BCUT2D eigenvalue weighted by Gasteiger charge is 2.32. The van der Waals surface area contributed by atoms with Gasteiger partial charge in [0.1, 0.15) is 5.82 Å². The summed E-state index contributed by atoms with van der Waals surface area (Å²) in [6.45, 7) is 10.9. The smallest absolute Gasteiger partial charge is 0.126 e. The molecule has 2 aliphatic heterocycles. The van der Waals surface area contributed by atoms with Crippen LogP contribution in [0.4, 0.5) is 8.78 Å². The Morgan fingerprint density at radius 1 is 1.09 bits per heavy atom. The molecule has 2 atom stereocenters. The van der Waals surface area contributed by atoms with Crippen molar-refractivity contribution >= 4 is 0 Å². The monoisotopic (exact) mass is 461 g/mol. The third kappa shape index (κ3) is 5.00. The van der Waals surface area contributed by atoms with Gasteiger partial charge in [0.05, 0.1) is 12.8 Å². The van der Waals surface area contributed by atoms with Crippen molar-refractivity contribution in [3.63, 3.8) is 0 Å². The highest BCUT2D eigenvalue weighted by atomic mass is 19.1. The van der Waals surface area contributed by atoms with Gasteiger partial charge in [0, 0.05) is 30.8 Å². The maximum Gasteiger partial charge on any atom is 0.126 e. The number of rotatable bonds is 5. The maximum atomic E-state index is 14.8. The maximum absolute atomic E-state index is 14.8. The Labute approximate surface area is 201 Å². The molecule has 2 heterocycles. The van der Waals surface area contributed by atoms with Crippen LogP contribution in [0.15, 0.2) is 96.4 Å². The molecule has 0 bridgehead atoms. The van der Waals surface area contributed by atoms with Crippen molar-refractivity contribution in [2.75, 3.05) is 13.2 Å². The molecule has 178 valence electrons. The fraction of sp³-hybridized carbons (Fsp3) is 0.310. The van der Waals surface area contributed by atoms with E-state index < -0.39 is 6.67 Å². The molecule has 2 aliphatic rings. The van der Waals surface area contributed by atoms with Crippen LogP contribution in [-0.2, 0) is 0 Å². The van der Waals surface area contributed by atoms with Crippen molar-refractivity contribution < 1.29 is 8.78 Å². The number of allylic oxidation sites excluding steroid dienone is 4. The molecule has 2 aromatic rings. The molecule has 1 saturated heterocycles. The van der Waals surface area contributed by atoms with Gasteiger partial charge in [-0.3, -0.25) is 4.39 Å². The average molecular weight is 462 g/mol. The van der Waals surface area contributed by atoms with Crippen LogP contribution in [0.25, 0.3) is 0 Å². The van der Waals surface area contributed by atoms with E-state index in [1.54, 1.807) is 13.0 Å². The molecular weight excluding hydrogens is 428 g/mol. The summed E-state index contributed by atoms with van der Waals surface area (Å²) in [6.07, 6.45) is 7.05. The zero-order chi connectivity index (χ0) is 24.1. The Balaban J connectivity index is 1.99. The van der Waals surface area contributed by atoms with Gasteiger partial charge in [-0.2, -0.15) is 0 Å². The second kappa shape index (κ2) is 10.8. The van der Waals surface area contributed by atoms with Crippen LogP contribution >= 0.6 is 0 Å². The second-order valence-corrected chi connectivity index (χ2v) is 8.98. The summed E-state index contributed by atoms with van der Waals surface area (Å²) < 4.78 is 28.8. The van der Waals surface area contributed by atoms with Crippen molar-refractivity contribution in [2.24, 2.45) is 0 Å². The van der Waals surface area contributed by atoms with Crippen LogP contribution in [0.5, 0.6) is 0 Å². The van der Waals surface area contributed by atoms with Crippen LogP contribution < -0.4 is 10.9 Å². The average Bonchev–Trinajstić information content (AvgIpc) is 2.85. The molecule has 0 saturated carbocycles. The SMILES string of the molecule is C=C1/C=C\NNC2CCCCN2C(=C)/C(C(c2ccccc2)c2ccc(C)c(F)c2)=C/1CCF. The fourth-order valence-electron chi connectivity index (χ4n) is 4.98. The van der Waals surface area contributed by atoms with E-state index in [0.717, 1.165) is 53.8 Å². The van der Waals surface area contributed by atoms with E-state index >= 15 is 0 Å². The molecule has 0 aromatic heterocycles. The number of fused-ring (bicyclic) bond motifs is 1. The lowest BCUT2D eigenvalue weighted by atomic mass is 9.78. The minimum absolute atomic E-state index is 0.0464. The lowest BCUT2D eigenvalue weighted by molar-refractivity contribution is 0.154. The zero-order valence-electron chi connectivity index (χ0n) is 19.8. The van der Waals surface area contributed by atoms with Crippen molar-refractivity contribution in [1.82, 2.24) is 15.8 Å². The van der Waals surface area contributed by atoms with Crippen LogP contribution in [0.3, 0.4) is 0 Å². The van der Waals surface area contributed by atoms with Crippen molar-refractivity contribution in [3.8, 4) is 0 Å². The summed E-state index contributed by atoms with van der Waals surface area (Å²) in [6, 6.07) is 15.4. The third-order valence-corrected chi connectivity index (χ3v) is 6.79. The fourth-order valence-corrected chi connectivity index (χ4v) is 4.98. The normalized spacial score (nSPS) is 23.1. The van der Waals surface area contributed by atoms with Gasteiger partial charge >= 0.3 is 0 Å². The number of nitrogens with zero attached hydrogens (tertiary/aromatic N) is 1. The molecule has 5 heteroatoms. The van der Waals surface area contributed by atoms with E-state index in [-0.39, 0.29) is 24.3 Å². The first-order chi connectivity index (χ1) is 16.5. The molecule has 0 aliphatic carbocycles. The summed E-state index contributed by atoms with van der Waals surface area (Å²) in [4.78, 5) is 2.26. The molecule has 2 unspecified atom stereocenters. The van der Waals surface area contributed by atoms with Crippen molar-refractivity contribution in [3.05, 3.63) is 119 Å². The highest BCUT2D eigenvalue weighted by molar-refractivity contribution is 5.56. The zero-order valence-corrected chi connectivity index (χ0v) is 19.8. The summed E-state index contributed by atoms with van der Waals surface area (Å²) in [7, 11) is 0. The Bertz CT molecular complexity index is 1100. The summed E-state index contributed by atoms with van der Waals surface area (Å²) in [5.41, 5.74) is 12.2. The molecule has 0 amide bonds. The molecule has 0 spiro atoms. The van der Waals surface area contributed by atoms with E-state index in [4.69, 9.17) is 0 Å². The molecule has 2 aromatic carbocycles. The molecule has 34 heavy (non-hydrogen) atoms. The number of piperidine rings is 1. The number of hydrogen-bond donors (Lipinski definition) is 2. The Hall–Kier alpha value is -3.18. The largest absolute Gasteiger partial charge is 0.355 e. The first-order valence-electron chi connectivity index (χ1n) is 11.9. The Kier molecular flexibility index (Phi) is 7.63. The first-order valence-corrected chi connectivity index (χ1v) is 11.9. The predicted octanol–water partition coefficient (Wildman–Crippen LogP) is 6.43. The van der Waals surface area contributed by atoms with Crippen LogP contribution in [0, 0.1) is 12.7 Å². The van der Waals surface area contributed by atoms with Gasteiger partial charge in [0.2, 0.25) is 0 Å². The predicted molar refractivity (Wildman–Crippen MR) is 135 cm³/mol. The lowest BCUT2D eigenvalue weighted by Crippen LogP contribution is -2.52. The lowest BCUT2D eigenvalue weighted by Gasteiger charge is -2.42. The highest BCUT2D eigenvalue weighted by Crippen LogP contribution is 2.42. The first kappa shape index (κ1) is 24.0. The summed E-state index contributed by atoms with van der Waals surface area (Å²) in [5, 5.41) is 0. The number of halogens is 2. The summed E-state index contributed by atoms with van der Waals surface area (Å²) >= 11 is 0. The van der Waals surface area contributed by atoms with Gasteiger partial charge in [-0.05, 0) is 71.7 Å².